The summed E-state index contributed by atoms with van der Waals surface area (Å²) in [5, 5.41) is 0. The van der Waals surface area contributed by atoms with Gasteiger partial charge in [-0.2, -0.15) is 0 Å². The van der Waals surface area contributed by atoms with Gasteiger partial charge in [-0.3, -0.25) is 0 Å². The molecule has 2 rings (SSSR count). The molecule has 8 heteroatoms. The first kappa shape index (κ1) is 13.1. The van der Waals surface area contributed by atoms with E-state index in [0.29, 0.717) is 0 Å². The second-order valence-electron chi connectivity index (χ2n) is 3.21. The average molecular weight is 512 g/mol. The van der Waals surface area contributed by atoms with Crippen molar-refractivity contribution >= 4 is 84.9 Å². The minimum atomic E-state index is 0.223. The van der Waals surface area contributed by atoms with Crippen LogP contribution >= 0.6 is 0 Å². The van der Waals surface area contributed by atoms with E-state index in [-0.39, 0.29) is 27.7 Å². The van der Waals surface area contributed by atoms with E-state index in [1.54, 1.807) is 0 Å². The van der Waals surface area contributed by atoms with Gasteiger partial charge in [0.1, 0.15) is 0 Å². The minimum absolute atomic E-state index is 0.223. The van der Waals surface area contributed by atoms with Crippen LogP contribution in [0.25, 0.3) is 0 Å². The van der Waals surface area contributed by atoms with Gasteiger partial charge in [0.25, 0.3) is 0 Å². The molecular weight excluding hydrogens is 500 g/mol. The zero-order valence-corrected chi connectivity index (χ0v) is 19.5. The van der Waals surface area contributed by atoms with Gasteiger partial charge >= 0.3 is 118 Å². The van der Waals surface area contributed by atoms with Crippen LogP contribution in [0, 0.1) is 0 Å². The quantitative estimate of drug-likeness (QED) is 0.388. The molecule has 2 heterocycles. The predicted octanol–water partition coefficient (Wildman–Crippen LogP) is -0.401. The topological polar surface area (TPSA) is 0 Å². The van der Waals surface area contributed by atoms with Gasteiger partial charge in [0.2, 0.25) is 0 Å². The van der Waals surface area contributed by atoms with E-state index in [1.807, 2.05) is 0 Å². The molecule has 0 aromatic rings. The molecule has 0 spiro atoms. The summed E-state index contributed by atoms with van der Waals surface area (Å²) in [6.45, 7) is 11.4. The molecule has 0 bridgehead atoms. The molecule has 2 aliphatic rings. The maximum atomic E-state index is 2.64. The zero-order valence-electron chi connectivity index (χ0n) is 8.63. The predicted molar refractivity (Wildman–Crippen MR) is 76.5 cm³/mol. The van der Waals surface area contributed by atoms with Gasteiger partial charge in [0.05, 0.1) is 0 Å². The van der Waals surface area contributed by atoms with Crippen LogP contribution in [-0.2, 0) is 0 Å². The van der Waals surface area contributed by atoms with Crippen molar-refractivity contribution in [2.45, 2.75) is 26.2 Å². The van der Waals surface area contributed by atoms with Crippen LogP contribution in [0.2, 0.25) is 26.2 Å². The Morgan fingerprint density at radius 3 is 1.00 bits per heavy atom. The maximum absolute atomic E-state index is 2.64. The van der Waals surface area contributed by atoms with Crippen LogP contribution in [0.1, 0.15) is 0 Å². The molecule has 0 nitrogen and oxygen atoms in total. The molecule has 4 radical (unpaired) electrons. The third kappa shape index (κ3) is 2.92. The van der Waals surface area contributed by atoms with E-state index in [4.69, 9.17) is 0 Å². The van der Waals surface area contributed by atoms with Gasteiger partial charge < -0.3 is 0 Å². The monoisotopic (exact) mass is 516 g/mol. The third-order valence-corrected chi connectivity index (χ3v) is 80.9. The van der Waals surface area contributed by atoms with E-state index in [1.165, 1.54) is 0 Å². The Hall–Kier alpha value is 2.69. The second-order valence-corrected chi connectivity index (χ2v) is 53.8. The Morgan fingerprint density at radius 2 is 0.786 bits per heavy atom. The van der Waals surface area contributed by atoms with Gasteiger partial charge in [0, 0.05) is 0 Å². The van der Waals surface area contributed by atoms with Crippen molar-refractivity contribution in [3.63, 3.8) is 0 Å². The number of hydrogen-bond acceptors (Lipinski definition) is 0. The van der Waals surface area contributed by atoms with Gasteiger partial charge in [-0.1, -0.05) is 0 Å². The normalized spacial score (nSPS) is 28.3. The van der Waals surface area contributed by atoms with Crippen molar-refractivity contribution in [3.8, 4) is 0 Å². The summed E-state index contributed by atoms with van der Waals surface area (Å²) in [5.74, 6) is 0. The summed E-state index contributed by atoms with van der Waals surface area (Å²) in [4.78, 5) is 0. The van der Waals surface area contributed by atoms with Gasteiger partial charge in [0.15, 0.2) is 0 Å². The zero-order chi connectivity index (χ0) is 10.3. The summed E-state index contributed by atoms with van der Waals surface area (Å²) >= 11 is 4.28. The third-order valence-electron chi connectivity index (χ3n) is 2.14. The van der Waals surface area contributed by atoms with Crippen LogP contribution in [0.4, 0.5) is 0 Å². The standard InChI is InChI=1S/C6H12Se4Si4/c1-11-7-5(8-12(11)2)6-9-13(3)14(4)10-6/h1-4H3. The Balaban J connectivity index is 2.11. The molecule has 0 aliphatic carbocycles. The van der Waals surface area contributed by atoms with Crippen LogP contribution in [0.5, 0.6) is 0 Å². The van der Waals surface area contributed by atoms with Gasteiger partial charge in [-0.25, -0.2) is 0 Å². The fourth-order valence-electron chi connectivity index (χ4n) is 1.05. The first-order valence-corrected chi connectivity index (χ1v) is 27.7. The van der Waals surface area contributed by atoms with Crippen molar-refractivity contribution in [3.05, 3.63) is 6.74 Å². The Labute approximate surface area is 116 Å². The molecule has 14 heavy (non-hydrogen) atoms. The Morgan fingerprint density at radius 1 is 0.571 bits per heavy atom. The number of rotatable bonds is 0. The molecule has 0 aromatic heterocycles. The molecular formula is C6H12Se4Si4. The van der Waals surface area contributed by atoms with Crippen LogP contribution in [-0.4, -0.2) is 84.9 Å². The van der Waals surface area contributed by atoms with Crippen molar-refractivity contribution in [1.82, 2.24) is 0 Å². The van der Waals surface area contributed by atoms with Crippen molar-refractivity contribution in [1.29, 1.82) is 0 Å². The molecule has 2 saturated heterocycles. The number of hydrogen-bond donors (Lipinski definition) is 0. The average Bonchev–Trinajstić information content (AvgIpc) is 2.60. The Bertz CT molecular complexity index is 221. The summed E-state index contributed by atoms with van der Waals surface area (Å²) < 4.78 is 4.31. The molecule has 0 N–H and O–H groups in total. The molecule has 0 saturated carbocycles. The van der Waals surface area contributed by atoms with Crippen molar-refractivity contribution in [2.24, 2.45) is 0 Å². The SMILES string of the molecule is C[Si]1[Se]C(=C2[Se][Si](C)[Si](C)[Se]2)[Se][Si]1C. The van der Waals surface area contributed by atoms with Crippen LogP contribution in [0.15, 0.2) is 6.74 Å². The van der Waals surface area contributed by atoms with Gasteiger partial charge in [-0.15, -0.1) is 0 Å². The summed E-state index contributed by atoms with van der Waals surface area (Å²) in [5.41, 5.74) is 0. The fourth-order valence-corrected chi connectivity index (χ4v) is 95.1. The molecule has 0 aromatic carbocycles. The van der Waals surface area contributed by atoms with E-state index < -0.39 is 0 Å². The molecule has 2 aliphatic heterocycles. The summed E-state index contributed by atoms with van der Waals surface area (Å²) in [7, 11) is 0. The fraction of sp³-hybridized carbons (Fsp3) is 0.667. The first-order valence-electron chi connectivity index (χ1n) is 4.38. The summed E-state index contributed by atoms with van der Waals surface area (Å²) in [6.07, 6.45) is 0. The first-order chi connectivity index (χ1) is 6.58. The molecule has 76 valence electrons. The molecule has 0 amide bonds. The van der Waals surface area contributed by atoms with E-state index >= 15 is 0 Å². The van der Waals surface area contributed by atoms with E-state index in [0.717, 1.165) is 57.3 Å². The second kappa shape index (κ2) is 5.55. The molecule has 0 atom stereocenters. The van der Waals surface area contributed by atoms with Crippen LogP contribution < -0.4 is 0 Å². The van der Waals surface area contributed by atoms with Crippen LogP contribution in [0.3, 0.4) is 0 Å². The van der Waals surface area contributed by atoms with Gasteiger partial charge in [-0.05, 0) is 0 Å². The molecule has 0 unspecified atom stereocenters. The van der Waals surface area contributed by atoms with E-state index in [2.05, 4.69) is 32.9 Å². The van der Waals surface area contributed by atoms with Crippen molar-refractivity contribution in [2.75, 3.05) is 0 Å². The van der Waals surface area contributed by atoms with E-state index in [9.17, 15) is 0 Å². The summed E-state index contributed by atoms with van der Waals surface area (Å²) in [6, 6.07) is 0. The molecule has 2 fully saturated rings. The Kier molecular flexibility index (Phi) is 5.20. The van der Waals surface area contributed by atoms with Crippen molar-refractivity contribution < 1.29 is 0 Å².